The molecule has 6 nitrogen and oxygen atoms in total. The van der Waals surface area contributed by atoms with E-state index in [2.05, 4.69) is 5.32 Å². The lowest BCUT2D eigenvalue weighted by molar-refractivity contribution is -0.137. The van der Waals surface area contributed by atoms with Gasteiger partial charge in [-0.25, -0.2) is 0 Å². The summed E-state index contributed by atoms with van der Waals surface area (Å²) in [5.41, 5.74) is 6.00. The summed E-state index contributed by atoms with van der Waals surface area (Å²) in [7, 11) is 0. The summed E-state index contributed by atoms with van der Waals surface area (Å²) >= 11 is 1.19. The number of hydrogen-bond acceptors (Lipinski definition) is 5. The molecule has 0 saturated carbocycles. The third-order valence-corrected chi connectivity index (χ3v) is 3.36. The smallest absolute Gasteiger partial charge is 0.321 e. The molecule has 1 aromatic carbocycles. The van der Waals surface area contributed by atoms with Crippen molar-refractivity contribution in [2.45, 2.75) is 13.0 Å². The van der Waals surface area contributed by atoms with Gasteiger partial charge in [0.25, 0.3) is 0 Å². The largest absolute Gasteiger partial charge is 0.494 e. The molecule has 0 saturated heterocycles. The zero-order valence-corrected chi connectivity index (χ0v) is 12.0. The molecule has 0 heterocycles. The normalized spacial score (nSPS) is 11.7. The van der Waals surface area contributed by atoms with Crippen molar-refractivity contribution in [3.8, 4) is 5.75 Å². The Morgan fingerprint density at radius 1 is 1.40 bits per heavy atom. The van der Waals surface area contributed by atoms with Crippen LogP contribution in [0.3, 0.4) is 0 Å². The van der Waals surface area contributed by atoms with Crippen LogP contribution in [0.2, 0.25) is 0 Å². The molecule has 0 aliphatic heterocycles. The van der Waals surface area contributed by atoms with E-state index in [-0.39, 0.29) is 17.4 Å². The number of nitrogens with one attached hydrogen (secondary N) is 1. The minimum atomic E-state index is -1.07. The van der Waals surface area contributed by atoms with E-state index in [1.165, 1.54) is 11.8 Å². The Kier molecular flexibility index (Phi) is 6.89. The maximum absolute atomic E-state index is 11.6. The molecule has 1 unspecified atom stereocenters. The maximum atomic E-state index is 11.6. The van der Waals surface area contributed by atoms with Crippen LogP contribution in [0.5, 0.6) is 5.75 Å². The van der Waals surface area contributed by atoms with E-state index >= 15 is 0 Å². The van der Waals surface area contributed by atoms with Crippen molar-refractivity contribution in [2.75, 3.05) is 23.4 Å². The highest BCUT2D eigenvalue weighted by molar-refractivity contribution is 8.00. The van der Waals surface area contributed by atoms with Crippen LogP contribution in [-0.4, -0.2) is 41.1 Å². The minimum Gasteiger partial charge on any atom is -0.494 e. The van der Waals surface area contributed by atoms with Crippen LogP contribution in [-0.2, 0) is 9.59 Å². The predicted octanol–water partition coefficient (Wildman–Crippen LogP) is 1.17. The molecule has 0 aliphatic rings. The molecule has 1 aromatic rings. The molecule has 4 N–H and O–H groups in total. The third kappa shape index (κ3) is 5.94. The van der Waals surface area contributed by atoms with Gasteiger partial charge in [-0.3, -0.25) is 9.59 Å². The van der Waals surface area contributed by atoms with Crippen molar-refractivity contribution in [1.29, 1.82) is 0 Å². The Balaban J connectivity index is 2.33. The van der Waals surface area contributed by atoms with Gasteiger partial charge in [0, 0.05) is 11.4 Å². The molecule has 1 atom stereocenters. The van der Waals surface area contributed by atoms with Gasteiger partial charge in [-0.05, 0) is 31.2 Å². The minimum absolute atomic E-state index is 0.161. The first-order chi connectivity index (χ1) is 9.52. The number of aliphatic carboxylic acids is 1. The van der Waals surface area contributed by atoms with Crippen LogP contribution < -0.4 is 15.8 Å². The predicted molar refractivity (Wildman–Crippen MR) is 79.2 cm³/mol. The van der Waals surface area contributed by atoms with Crippen molar-refractivity contribution in [3.63, 3.8) is 0 Å². The van der Waals surface area contributed by atoms with Gasteiger partial charge in [-0.2, -0.15) is 0 Å². The average molecular weight is 298 g/mol. The fourth-order valence-electron chi connectivity index (χ4n) is 1.35. The van der Waals surface area contributed by atoms with E-state index in [0.717, 1.165) is 5.75 Å². The number of rotatable bonds is 8. The van der Waals surface area contributed by atoms with Crippen LogP contribution in [0, 0.1) is 0 Å². The third-order valence-electron chi connectivity index (χ3n) is 2.30. The first kappa shape index (κ1) is 16.3. The Morgan fingerprint density at radius 2 is 2.05 bits per heavy atom. The van der Waals surface area contributed by atoms with Crippen molar-refractivity contribution < 1.29 is 19.4 Å². The topological polar surface area (TPSA) is 102 Å². The molecular formula is C13H18N2O4S. The number of thioether (sulfide) groups is 1. The number of carboxylic acid groups (broad SMARTS) is 1. The number of carbonyl (C=O) groups is 2. The molecule has 0 radical (unpaired) electrons. The Labute approximate surface area is 121 Å². The van der Waals surface area contributed by atoms with Crippen LogP contribution in [0.15, 0.2) is 24.3 Å². The Bertz CT molecular complexity index is 450. The fraction of sp³-hybridized carbons (Fsp3) is 0.385. The maximum Gasteiger partial charge on any atom is 0.321 e. The van der Waals surface area contributed by atoms with Gasteiger partial charge in [-0.15, -0.1) is 11.8 Å². The second-order valence-electron chi connectivity index (χ2n) is 3.97. The summed E-state index contributed by atoms with van der Waals surface area (Å²) < 4.78 is 5.29. The van der Waals surface area contributed by atoms with Gasteiger partial charge in [-0.1, -0.05) is 0 Å². The number of benzene rings is 1. The highest BCUT2D eigenvalue weighted by Crippen LogP contribution is 2.16. The van der Waals surface area contributed by atoms with Crippen LogP contribution in [0.25, 0.3) is 0 Å². The summed E-state index contributed by atoms with van der Waals surface area (Å²) in [5, 5.41) is 11.3. The second kappa shape index (κ2) is 8.44. The molecule has 7 heteroatoms. The monoisotopic (exact) mass is 298 g/mol. The molecule has 0 aliphatic carbocycles. The molecule has 20 heavy (non-hydrogen) atoms. The molecule has 1 rings (SSSR count). The first-order valence-corrected chi connectivity index (χ1v) is 7.27. The Morgan fingerprint density at radius 3 is 2.60 bits per heavy atom. The molecule has 0 bridgehead atoms. The summed E-state index contributed by atoms with van der Waals surface area (Å²) in [6.45, 7) is 2.49. The molecule has 0 spiro atoms. The summed E-state index contributed by atoms with van der Waals surface area (Å²) in [6.07, 6.45) is 0. The lowest BCUT2D eigenvalue weighted by Crippen LogP contribution is -2.33. The van der Waals surface area contributed by atoms with Gasteiger partial charge < -0.3 is 20.9 Å². The number of anilines is 1. The van der Waals surface area contributed by atoms with Gasteiger partial charge in [0.1, 0.15) is 11.8 Å². The average Bonchev–Trinajstić information content (AvgIpc) is 2.41. The molecule has 1 amide bonds. The zero-order chi connectivity index (χ0) is 15.0. The van der Waals surface area contributed by atoms with E-state index in [1.807, 2.05) is 6.92 Å². The van der Waals surface area contributed by atoms with Gasteiger partial charge >= 0.3 is 5.97 Å². The number of nitrogens with two attached hydrogens (primary N) is 1. The number of ether oxygens (including phenoxy) is 1. The standard InChI is InChI=1S/C13H18N2O4S/c1-2-19-10-5-3-9(4-6-10)15-12(16)8-20-7-11(14)13(17)18/h3-6,11H,2,7-8,14H2,1H3,(H,15,16)(H,17,18). The number of amides is 1. The first-order valence-electron chi connectivity index (χ1n) is 6.11. The highest BCUT2D eigenvalue weighted by atomic mass is 32.2. The van der Waals surface area contributed by atoms with Gasteiger partial charge in [0.2, 0.25) is 5.91 Å². The quantitative estimate of drug-likeness (QED) is 0.666. The van der Waals surface area contributed by atoms with Crippen LogP contribution in [0.1, 0.15) is 6.92 Å². The van der Waals surface area contributed by atoms with E-state index in [0.29, 0.717) is 12.3 Å². The fourth-order valence-corrected chi connectivity index (χ4v) is 2.12. The lowest BCUT2D eigenvalue weighted by atomic mass is 10.3. The van der Waals surface area contributed by atoms with E-state index < -0.39 is 12.0 Å². The van der Waals surface area contributed by atoms with E-state index in [9.17, 15) is 9.59 Å². The molecule has 0 fully saturated rings. The summed E-state index contributed by atoms with van der Waals surface area (Å²) in [6, 6.07) is 6.09. The zero-order valence-electron chi connectivity index (χ0n) is 11.2. The number of hydrogen-bond donors (Lipinski definition) is 3. The van der Waals surface area contributed by atoms with Crippen LogP contribution >= 0.6 is 11.8 Å². The second-order valence-corrected chi connectivity index (χ2v) is 5.00. The van der Waals surface area contributed by atoms with E-state index in [1.54, 1.807) is 24.3 Å². The van der Waals surface area contributed by atoms with Gasteiger partial charge in [0.15, 0.2) is 0 Å². The van der Waals surface area contributed by atoms with Gasteiger partial charge in [0.05, 0.1) is 12.4 Å². The van der Waals surface area contributed by atoms with Crippen molar-refractivity contribution >= 4 is 29.3 Å². The number of carboxylic acids is 1. The lowest BCUT2D eigenvalue weighted by Gasteiger charge is -2.08. The molecule has 0 aromatic heterocycles. The molecule has 110 valence electrons. The molecular weight excluding hydrogens is 280 g/mol. The van der Waals surface area contributed by atoms with Crippen LogP contribution in [0.4, 0.5) is 5.69 Å². The summed E-state index contributed by atoms with van der Waals surface area (Å²) in [4.78, 5) is 22.1. The number of carbonyl (C=O) groups excluding carboxylic acids is 1. The summed E-state index contributed by atoms with van der Waals surface area (Å²) in [5.74, 6) is -0.159. The SMILES string of the molecule is CCOc1ccc(NC(=O)CSCC(N)C(=O)O)cc1. The highest BCUT2D eigenvalue weighted by Gasteiger charge is 2.12. The Hall–Kier alpha value is -1.73. The van der Waals surface area contributed by atoms with E-state index in [4.69, 9.17) is 15.6 Å². The van der Waals surface area contributed by atoms with Crippen molar-refractivity contribution in [2.24, 2.45) is 5.73 Å². The van der Waals surface area contributed by atoms with Crippen molar-refractivity contribution in [3.05, 3.63) is 24.3 Å². The van der Waals surface area contributed by atoms with Crippen molar-refractivity contribution in [1.82, 2.24) is 0 Å².